The van der Waals surface area contributed by atoms with Gasteiger partial charge in [-0.05, 0) is 18.1 Å². The van der Waals surface area contributed by atoms with Gasteiger partial charge in [0, 0.05) is 17.7 Å². The minimum atomic E-state index is -4.02. The number of benzene rings is 2. The van der Waals surface area contributed by atoms with E-state index in [-0.39, 0.29) is 17.4 Å². The highest BCUT2D eigenvalue weighted by Crippen LogP contribution is 2.32. The molecule has 0 bridgehead atoms. The van der Waals surface area contributed by atoms with E-state index in [1.807, 2.05) is 30.3 Å². The van der Waals surface area contributed by atoms with Crippen LogP contribution in [0.25, 0.3) is 11.3 Å². The predicted octanol–water partition coefficient (Wildman–Crippen LogP) is 3.16. The van der Waals surface area contributed by atoms with Gasteiger partial charge in [-0.1, -0.05) is 49.3 Å². The molecule has 0 unspecified atom stereocenters. The van der Waals surface area contributed by atoms with Gasteiger partial charge >= 0.3 is 5.97 Å². The Balaban J connectivity index is 1.43. The van der Waals surface area contributed by atoms with Gasteiger partial charge in [-0.3, -0.25) is 4.79 Å². The maximum absolute atomic E-state index is 12.9. The highest BCUT2D eigenvalue weighted by Gasteiger charge is 2.30. The van der Waals surface area contributed by atoms with Gasteiger partial charge in [0.05, 0.1) is 4.90 Å². The number of esters is 1. The van der Waals surface area contributed by atoms with Crippen LogP contribution in [0, 0.1) is 5.92 Å². The van der Waals surface area contributed by atoms with E-state index in [9.17, 15) is 13.2 Å². The van der Waals surface area contributed by atoms with Crippen LogP contribution < -0.4 is 14.2 Å². The first-order valence-corrected chi connectivity index (χ1v) is 11.9. The Morgan fingerprint density at radius 3 is 2.52 bits per heavy atom. The van der Waals surface area contributed by atoms with Crippen LogP contribution in [0.4, 0.5) is 0 Å². The van der Waals surface area contributed by atoms with Crippen LogP contribution in [0.15, 0.2) is 64.0 Å². The molecule has 4 rings (SSSR count). The number of hydrogen-bond acceptors (Lipinski definition) is 8. The van der Waals surface area contributed by atoms with Crippen molar-refractivity contribution in [3.05, 3.63) is 60.3 Å². The third kappa shape index (κ3) is 5.35. The maximum Gasteiger partial charge on any atom is 0.324 e. The molecule has 1 aromatic heterocycles. The van der Waals surface area contributed by atoms with E-state index < -0.39 is 22.0 Å². The Bertz CT molecular complexity index is 1220. The van der Waals surface area contributed by atoms with Crippen molar-refractivity contribution in [2.45, 2.75) is 31.4 Å². The third-order valence-corrected chi connectivity index (χ3v) is 6.45. The number of hydrogen-bond donors (Lipinski definition) is 1. The second kappa shape index (κ2) is 9.63. The third-order valence-electron chi connectivity index (χ3n) is 5.01. The van der Waals surface area contributed by atoms with Crippen molar-refractivity contribution in [1.29, 1.82) is 0 Å². The van der Waals surface area contributed by atoms with E-state index in [1.165, 1.54) is 18.2 Å². The normalized spacial score (nSPS) is 14.2. The zero-order chi connectivity index (χ0) is 23.4. The molecule has 2 heterocycles. The lowest BCUT2D eigenvalue weighted by Gasteiger charge is -2.22. The number of sulfonamides is 1. The van der Waals surface area contributed by atoms with Crippen molar-refractivity contribution in [2.24, 2.45) is 5.92 Å². The molecule has 10 heteroatoms. The number of rotatable bonds is 8. The van der Waals surface area contributed by atoms with E-state index >= 15 is 0 Å². The van der Waals surface area contributed by atoms with Crippen LogP contribution in [0.5, 0.6) is 11.5 Å². The zero-order valence-corrected chi connectivity index (χ0v) is 19.0. The molecule has 0 radical (unpaired) electrons. The summed E-state index contributed by atoms with van der Waals surface area (Å²) in [5.74, 6) is 0.286. The Hall–Kier alpha value is -3.37. The summed E-state index contributed by atoms with van der Waals surface area (Å²) >= 11 is 0. The summed E-state index contributed by atoms with van der Waals surface area (Å²) in [6.07, 6.45) is 0. The molecule has 174 valence electrons. The van der Waals surface area contributed by atoms with Gasteiger partial charge in [0.1, 0.15) is 31.6 Å². The fraction of sp³-hybridized carbons (Fsp3) is 0.304. The molecule has 1 atom stereocenters. The number of nitrogens with zero attached hydrogens (tertiary/aromatic N) is 1. The van der Waals surface area contributed by atoms with Crippen LogP contribution in [0.3, 0.4) is 0 Å². The van der Waals surface area contributed by atoms with Gasteiger partial charge in [-0.15, -0.1) is 0 Å². The van der Waals surface area contributed by atoms with Crippen LogP contribution in [0.2, 0.25) is 0 Å². The van der Waals surface area contributed by atoms with Crippen LogP contribution in [-0.2, 0) is 26.2 Å². The summed E-state index contributed by atoms with van der Waals surface area (Å²) in [5.41, 5.74) is 1.26. The summed E-state index contributed by atoms with van der Waals surface area (Å²) in [4.78, 5) is 12.7. The number of carbonyl (C=O) groups excluding carboxylic acids is 1. The average Bonchev–Trinajstić information content (AvgIpc) is 3.30. The molecule has 0 saturated heterocycles. The predicted molar refractivity (Wildman–Crippen MR) is 118 cm³/mol. The molecule has 1 aliphatic rings. The maximum atomic E-state index is 12.9. The Morgan fingerprint density at radius 1 is 1.06 bits per heavy atom. The fourth-order valence-corrected chi connectivity index (χ4v) is 4.58. The second-order valence-electron chi connectivity index (χ2n) is 7.80. The highest BCUT2D eigenvalue weighted by atomic mass is 32.2. The SMILES string of the molecule is CC(C)[C@H](NS(=O)(=O)c1ccc2c(c1)OCCO2)C(=O)OCc1cc(-c2ccccc2)on1. The lowest BCUT2D eigenvalue weighted by molar-refractivity contribution is -0.148. The smallest absolute Gasteiger partial charge is 0.324 e. The summed E-state index contributed by atoms with van der Waals surface area (Å²) in [6.45, 7) is 4.03. The largest absolute Gasteiger partial charge is 0.486 e. The van der Waals surface area contributed by atoms with Crippen molar-refractivity contribution in [3.63, 3.8) is 0 Å². The van der Waals surface area contributed by atoms with E-state index in [1.54, 1.807) is 19.9 Å². The highest BCUT2D eigenvalue weighted by molar-refractivity contribution is 7.89. The van der Waals surface area contributed by atoms with Crippen molar-refractivity contribution >= 4 is 16.0 Å². The first kappa shape index (κ1) is 22.8. The molecule has 0 saturated carbocycles. The van der Waals surface area contributed by atoms with Crippen molar-refractivity contribution < 1.29 is 31.9 Å². The summed E-state index contributed by atoms with van der Waals surface area (Å²) in [7, 11) is -4.02. The summed E-state index contributed by atoms with van der Waals surface area (Å²) in [5, 5.41) is 3.92. The zero-order valence-electron chi connectivity index (χ0n) is 18.2. The summed E-state index contributed by atoms with van der Waals surface area (Å²) < 4.78 is 49.8. The van der Waals surface area contributed by atoms with Gasteiger partial charge in [-0.25, -0.2) is 8.42 Å². The quantitative estimate of drug-likeness (QED) is 0.497. The summed E-state index contributed by atoms with van der Waals surface area (Å²) in [6, 6.07) is 14.3. The van der Waals surface area contributed by atoms with Gasteiger partial charge in [0.2, 0.25) is 10.0 Å². The molecule has 3 aromatic rings. The molecule has 1 aliphatic heterocycles. The fourth-order valence-electron chi connectivity index (χ4n) is 3.24. The Kier molecular flexibility index (Phi) is 6.66. The van der Waals surface area contributed by atoms with E-state index in [2.05, 4.69) is 9.88 Å². The van der Waals surface area contributed by atoms with Crippen LogP contribution in [-0.4, -0.2) is 38.8 Å². The minimum Gasteiger partial charge on any atom is -0.486 e. The molecule has 2 aromatic carbocycles. The van der Waals surface area contributed by atoms with Crippen molar-refractivity contribution in [3.8, 4) is 22.8 Å². The van der Waals surface area contributed by atoms with Gasteiger partial charge in [-0.2, -0.15) is 4.72 Å². The Labute approximate surface area is 191 Å². The molecular weight excluding hydrogens is 448 g/mol. The number of carbonyl (C=O) groups is 1. The number of aromatic nitrogens is 1. The van der Waals surface area contributed by atoms with Gasteiger partial charge < -0.3 is 18.7 Å². The van der Waals surface area contributed by atoms with Crippen LogP contribution >= 0.6 is 0 Å². The number of nitrogens with one attached hydrogen (secondary N) is 1. The number of ether oxygens (including phenoxy) is 3. The van der Waals surface area contributed by atoms with E-state index in [0.717, 1.165) is 5.56 Å². The first-order chi connectivity index (χ1) is 15.8. The standard InChI is InChI=1S/C23H24N2O7S/c1-15(2)22(25-33(27,28)18-8-9-19-21(13-18)30-11-10-29-19)23(26)31-14-17-12-20(32-24-17)16-6-4-3-5-7-16/h3-9,12-13,15,22,25H,10-11,14H2,1-2H3/t22-/m0/s1. The Morgan fingerprint density at radius 2 is 1.79 bits per heavy atom. The van der Waals surface area contributed by atoms with Gasteiger partial charge in [0.25, 0.3) is 0 Å². The van der Waals surface area contributed by atoms with Crippen molar-refractivity contribution in [1.82, 2.24) is 9.88 Å². The van der Waals surface area contributed by atoms with Gasteiger partial charge in [0.15, 0.2) is 17.3 Å². The molecule has 33 heavy (non-hydrogen) atoms. The second-order valence-corrected chi connectivity index (χ2v) is 9.52. The molecule has 1 N–H and O–H groups in total. The number of fused-ring (bicyclic) bond motifs is 1. The average molecular weight is 473 g/mol. The first-order valence-electron chi connectivity index (χ1n) is 10.4. The lowest BCUT2D eigenvalue weighted by Crippen LogP contribution is -2.45. The molecular formula is C23H24N2O7S. The molecule has 0 aliphatic carbocycles. The monoisotopic (exact) mass is 472 g/mol. The molecule has 9 nitrogen and oxygen atoms in total. The molecule has 0 spiro atoms. The molecule has 0 fully saturated rings. The lowest BCUT2D eigenvalue weighted by atomic mass is 10.1. The van der Waals surface area contributed by atoms with Crippen molar-refractivity contribution in [2.75, 3.05) is 13.2 Å². The topological polar surface area (TPSA) is 117 Å². The molecule has 0 amide bonds. The van der Waals surface area contributed by atoms with E-state index in [0.29, 0.717) is 36.2 Å². The van der Waals surface area contributed by atoms with E-state index in [4.69, 9.17) is 18.7 Å². The minimum absolute atomic E-state index is 0.0331. The van der Waals surface area contributed by atoms with Crippen LogP contribution in [0.1, 0.15) is 19.5 Å².